The Kier molecular flexibility index (Phi) is 7.60. The fourth-order valence-corrected chi connectivity index (χ4v) is 2.30. The summed E-state index contributed by atoms with van der Waals surface area (Å²) in [6.45, 7) is 0.0198. The highest BCUT2D eigenvalue weighted by molar-refractivity contribution is 6.29. The first-order valence-corrected chi connectivity index (χ1v) is 8.44. The molecule has 0 aliphatic carbocycles. The van der Waals surface area contributed by atoms with Crippen LogP contribution >= 0.6 is 11.6 Å². The van der Waals surface area contributed by atoms with Crippen LogP contribution in [0.3, 0.4) is 0 Å². The zero-order chi connectivity index (χ0) is 19.6. The number of ether oxygens (including phenoxy) is 1. The standard InChI is InChI=1S/C18H18ClN3O5/c19-10-15(23)20-14-8-4-7-13(9-14)16(17(24)22-26)21-18(25)27-11-12-5-2-1-3-6-12/h1-9,16,26H,10-11H2,(H,20,23)(H,21,25)(H,22,24)/t16-/m1/s1. The topological polar surface area (TPSA) is 117 Å². The van der Waals surface area contributed by atoms with Gasteiger partial charge in [0, 0.05) is 5.69 Å². The fraction of sp³-hybridized carbons (Fsp3) is 0.167. The number of nitrogens with one attached hydrogen (secondary N) is 3. The molecule has 0 saturated carbocycles. The van der Waals surface area contributed by atoms with Crippen molar-refractivity contribution in [3.8, 4) is 0 Å². The molecule has 8 nitrogen and oxygen atoms in total. The van der Waals surface area contributed by atoms with Crippen LogP contribution in [0.4, 0.5) is 10.5 Å². The summed E-state index contributed by atoms with van der Waals surface area (Å²) in [5.41, 5.74) is 2.98. The molecule has 142 valence electrons. The van der Waals surface area contributed by atoms with Gasteiger partial charge >= 0.3 is 6.09 Å². The summed E-state index contributed by atoms with van der Waals surface area (Å²) in [6.07, 6.45) is -0.845. The molecule has 0 unspecified atom stereocenters. The molecule has 0 spiro atoms. The number of alkyl carbamates (subject to hydrolysis) is 1. The second-order valence-corrected chi connectivity index (χ2v) is 5.69. The number of carbonyl (C=O) groups is 3. The third-order valence-corrected chi connectivity index (χ3v) is 3.72. The van der Waals surface area contributed by atoms with E-state index in [1.807, 2.05) is 6.07 Å². The Hall–Kier alpha value is -3.10. The molecular formula is C18H18ClN3O5. The van der Waals surface area contributed by atoms with Crippen LogP contribution in [0.2, 0.25) is 0 Å². The highest BCUT2D eigenvalue weighted by Gasteiger charge is 2.23. The van der Waals surface area contributed by atoms with Crippen molar-refractivity contribution in [3.63, 3.8) is 0 Å². The number of carbonyl (C=O) groups excluding carboxylic acids is 3. The van der Waals surface area contributed by atoms with Gasteiger partial charge in [-0.05, 0) is 23.3 Å². The molecule has 27 heavy (non-hydrogen) atoms. The van der Waals surface area contributed by atoms with Gasteiger partial charge in [0.05, 0.1) is 0 Å². The molecular weight excluding hydrogens is 374 g/mol. The summed E-state index contributed by atoms with van der Waals surface area (Å²) in [7, 11) is 0. The number of anilines is 1. The molecule has 4 N–H and O–H groups in total. The van der Waals surface area contributed by atoms with E-state index < -0.39 is 23.9 Å². The highest BCUT2D eigenvalue weighted by atomic mass is 35.5. The van der Waals surface area contributed by atoms with Crippen LogP contribution in [-0.2, 0) is 20.9 Å². The molecule has 2 rings (SSSR count). The van der Waals surface area contributed by atoms with E-state index in [0.29, 0.717) is 11.3 Å². The first kappa shape index (κ1) is 20.2. The SMILES string of the molecule is O=C(CCl)Nc1cccc([C@@H](NC(=O)OCc2ccccc2)C(=O)NO)c1. The first-order valence-electron chi connectivity index (χ1n) is 7.90. The quantitative estimate of drug-likeness (QED) is 0.328. The van der Waals surface area contributed by atoms with Gasteiger partial charge in [0.25, 0.3) is 5.91 Å². The maximum absolute atomic E-state index is 12.0. The number of hydrogen-bond donors (Lipinski definition) is 4. The summed E-state index contributed by atoms with van der Waals surface area (Å²) < 4.78 is 5.09. The Labute approximate surface area is 160 Å². The second-order valence-electron chi connectivity index (χ2n) is 5.42. The van der Waals surface area contributed by atoms with Crippen LogP contribution in [0.1, 0.15) is 17.2 Å². The van der Waals surface area contributed by atoms with Crippen LogP contribution in [0.25, 0.3) is 0 Å². The van der Waals surface area contributed by atoms with Gasteiger partial charge in [-0.1, -0.05) is 42.5 Å². The predicted octanol–water partition coefficient (Wildman–Crippen LogP) is 2.34. The number of amides is 3. The zero-order valence-corrected chi connectivity index (χ0v) is 14.9. The molecule has 2 aromatic rings. The van der Waals surface area contributed by atoms with Crippen LogP contribution < -0.4 is 16.1 Å². The molecule has 3 amide bonds. The van der Waals surface area contributed by atoms with Crippen molar-refractivity contribution in [2.75, 3.05) is 11.2 Å². The lowest BCUT2D eigenvalue weighted by Crippen LogP contribution is -2.39. The van der Waals surface area contributed by atoms with Crippen molar-refractivity contribution in [3.05, 3.63) is 65.7 Å². The summed E-state index contributed by atoms with van der Waals surface area (Å²) in [4.78, 5) is 35.4. The Morgan fingerprint density at radius 2 is 1.81 bits per heavy atom. The van der Waals surface area contributed by atoms with Crippen molar-refractivity contribution in [2.24, 2.45) is 0 Å². The number of hydrogen-bond acceptors (Lipinski definition) is 5. The Morgan fingerprint density at radius 3 is 2.48 bits per heavy atom. The van der Waals surface area contributed by atoms with E-state index in [2.05, 4.69) is 10.6 Å². The number of hydroxylamine groups is 1. The van der Waals surface area contributed by atoms with E-state index in [1.165, 1.54) is 11.5 Å². The molecule has 2 aromatic carbocycles. The molecule has 1 atom stereocenters. The van der Waals surface area contributed by atoms with Crippen molar-refractivity contribution in [1.29, 1.82) is 0 Å². The van der Waals surface area contributed by atoms with Gasteiger partial charge in [0.1, 0.15) is 18.5 Å². The van der Waals surface area contributed by atoms with Gasteiger partial charge in [-0.2, -0.15) is 0 Å². The van der Waals surface area contributed by atoms with Crippen LogP contribution in [-0.4, -0.2) is 29.0 Å². The molecule has 0 aliphatic heterocycles. The van der Waals surface area contributed by atoms with Crippen LogP contribution in [0.15, 0.2) is 54.6 Å². The number of alkyl halides is 1. The van der Waals surface area contributed by atoms with Gasteiger partial charge in [-0.3, -0.25) is 14.8 Å². The lowest BCUT2D eigenvalue weighted by molar-refractivity contribution is -0.131. The zero-order valence-electron chi connectivity index (χ0n) is 14.1. The number of halogens is 1. The van der Waals surface area contributed by atoms with E-state index in [9.17, 15) is 14.4 Å². The minimum atomic E-state index is -1.23. The average molecular weight is 392 g/mol. The molecule has 0 radical (unpaired) electrons. The minimum absolute atomic E-state index is 0.0198. The van der Waals surface area contributed by atoms with E-state index in [-0.39, 0.29) is 12.5 Å². The van der Waals surface area contributed by atoms with Gasteiger partial charge in [0.2, 0.25) is 5.91 Å². The smallest absolute Gasteiger partial charge is 0.408 e. The van der Waals surface area contributed by atoms with Crippen LogP contribution in [0.5, 0.6) is 0 Å². The minimum Gasteiger partial charge on any atom is -0.445 e. The summed E-state index contributed by atoms with van der Waals surface area (Å²) in [5.74, 6) is -1.52. The molecule has 0 fully saturated rings. The maximum Gasteiger partial charge on any atom is 0.408 e. The van der Waals surface area contributed by atoms with Crippen molar-refractivity contribution < 1.29 is 24.3 Å². The Balaban J connectivity index is 2.08. The molecule has 0 bridgehead atoms. The lowest BCUT2D eigenvalue weighted by atomic mass is 10.1. The molecule has 9 heteroatoms. The normalized spacial score (nSPS) is 11.2. The lowest BCUT2D eigenvalue weighted by Gasteiger charge is -2.18. The van der Waals surface area contributed by atoms with Crippen molar-refractivity contribution in [1.82, 2.24) is 10.8 Å². The number of rotatable bonds is 7. The highest BCUT2D eigenvalue weighted by Crippen LogP contribution is 2.18. The molecule has 0 aromatic heterocycles. The van der Waals surface area contributed by atoms with Gasteiger partial charge in [-0.15, -0.1) is 11.6 Å². The third-order valence-electron chi connectivity index (χ3n) is 3.47. The monoisotopic (exact) mass is 391 g/mol. The summed E-state index contributed by atoms with van der Waals surface area (Å²) in [5, 5.41) is 13.9. The first-order chi connectivity index (χ1) is 13.0. The molecule has 0 aliphatic rings. The van der Waals surface area contributed by atoms with E-state index in [4.69, 9.17) is 21.5 Å². The summed E-state index contributed by atoms with van der Waals surface area (Å²) >= 11 is 5.45. The predicted molar refractivity (Wildman–Crippen MR) is 98.2 cm³/mol. The van der Waals surface area contributed by atoms with E-state index >= 15 is 0 Å². The van der Waals surface area contributed by atoms with Gasteiger partial charge in [-0.25, -0.2) is 10.3 Å². The Morgan fingerprint density at radius 1 is 1.07 bits per heavy atom. The third kappa shape index (κ3) is 6.28. The van der Waals surface area contributed by atoms with Crippen molar-refractivity contribution >= 4 is 35.2 Å². The van der Waals surface area contributed by atoms with Gasteiger partial charge in [0.15, 0.2) is 0 Å². The van der Waals surface area contributed by atoms with Crippen LogP contribution in [0, 0.1) is 0 Å². The maximum atomic E-state index is 12.0. The van der Waals surface area contributed by atoms with Crippen molar-refractivity contribution in [2.45, 2.75) is 12.6 Å². The molecule has 0 heterocycles. The Bertz CT molecular complexity index is 801. The fourth-order valence-electron chi connectivity index (χ4n) is 2.24. The van der Waals surface area contributed by atoms with E-state index in [1.54, 1.807) is 42.5 Å². The summed E-state index contributed by atoms with van der Waals surface area (Å²) in [6, 6.07) is 14.0. The largest absolute Gasteiger partial charge is 0.445 e. The second kappa shape index (κ2) is 10.1. The molecule has 0 saturated heterocycles. The number of benzene rings is 2. The average Bonchev–Trinajstić information content (AvgIpc) is 2.70. The van der Waals surface area contributed by atoms with Gasteiger partial charge < -0.3 is 15.4 Å². The van der Waals surface area contributed by atoms with E-state index in [0.717, 1.165) is 5.56 Å².